The number of aryl methyl sites for hydroxylation is 1. The number of terminal acetylenes is 1. The lowest BCUT2D eigenvalue weighted by atomic mass is 10.1. The molecule has 0 atom stereocenters. The van der Waals surface area contributed by atoms with Gasteiger partial charge in [0.1, 0.15) is 11.9 Å². The summed E-state index contributed by atoms with van der Waals surface area (Å²) in [6, 6.07) is 8.46. The van der Waals surface area contributed by atoms with Gasteiger partial charge in [-0.25, -0.2) is 8.91 Å². The molecule has 1 aliphatic rings. The molecule has 9 heteroatoms. The fourth-order valence-electron chi connectivity index (χ4n) is 4.06. The molecule has 0 bridgehead atoms. The number of likely N-dealkylation sites (tertiary alicyclic amines) is 1. The van der Waals surface area contributed by atoms with Gasteiger partial charge in [0, 0.05) is 58.4 Å². The molecule has 0 radical (unpaired) electrons. The quantitative estimate of drug-likeness (QED) is 0.391. The van der Waals surface area contributed by atoms with Gasteiger partial charge >= 0.3 is 0 Å². The number of H-pyrrole nitrogens is 1. The van der Waals surface area contributed by atoms with Gasteiger partial charge in [0.05, 0.1) is 23.5 Å². The van der Waals surface area contributed by atoms with Crippen LogP contribution in [0.25, 0.3) is 16.6 Å². The summed E-state index contributed by atoms with van der Waals surface area (Å²) in [5, 5.41) is 20.7. The predicted octanol–water partition coefficient (Wildman–Crippen LogP) is 5.19. The molecule has 0 saturated carbocycles. The third-order valence-corrected chi connectivity index (χ3v) is 7.06. The summed E-state index contributed by atoms with van der Waals surface area (Å²) in [4.78, 5) is 14.2. The standard InChI is InChI=1S/C20H12FN5S.C7H13NO/c1-3-13-6-16(21)4-5-18(13)27-19-7-14(17-10-23-25-12(17)2)11-26-20(19)15(8-22)9-24-26;1-7(9)8-5-3-2-4-6-8/h1,4-7,9-11H,2H3,(H,23,25);2-6H2,1H3. The number of hydrogen-bond acceptors (Lipinski definition) is 5. The number of carbonyl (C=O) groups is 1. The highest BCUT2D eigenvalue weighted by Crippen LogP contribution is 2.37. The molecule has 7 nitrogen and oxygen atoms in total. The Kier molecular flexibility index (Phi) is 7.72. The lowest BCUT2D eigenvalue weighted by Crippen LogP contribution is -2.33. The number of hydrogen-bond donors (Lipinski definition) is 1. The van der Waals surface area contributed by atoms with Crippen LogP contribution >= 0.6 is 11.8 Å². The van der Waals surface area contributed by atoms with Crippen molar-refractivity contribution in [3.63, 3.8) is 0 Å². The minimum absolute atomic E-state index is 0.231. The maximum Gasteiger partial charge on any atom is 0.219 e. The Labute approximate surface area is 213 Å². The van der Waals surface area contributed by atoms with E-state index in [0.29, 0.717) is 16.6 Å². The highest BCUT2D eigenvalue weighted by Gasteiger charge is 2.16. The van der Waals surface area contributed by atoms with E-state index >= 15 is 0 Å². The first-order valence-electron chi connectivity index (χ1n) is 11.5. The molecule has 3 aromatic heterocycles. The van der Waals surface area contributed by atoms with Gasteiger partial charge in [0.25, 0.3) is 0 Å². The summed E-state index contributed by atoms with van der Waals surface area (Å²) in [6.45, 7) is 5.54. The first-order chi connectivity index (χ1) is 17.4. The molecule has 1 aliphatic heterocycles. The number of benzene rings is 1. The number of nitriles is 1. The van der Waals surface area contributed by atoms with Crippen molar-refractivity contribution in [1.82, 2.24) is 24.7 Å². The first-order valence-corrected chi connectivity index (χ1v) is 12.3. The van der Waals surface area contributed by atoms with Crippen LogP contribution in [0.15, 0.2) is 52.6 Å². The van der Waals surface area contributed by atoms with E-state index in [2.05, 4.69) is 27.3 Å². The van der Waals surface area contributed by atoms with E-state index in [4.69, 9.17) is 6.42 Å². The second-order valence-corrected chi connectivity index (χ2v) is 9.50. The van der Waals surface area contributed by atoms with E-state index in [0.717, 1.165) is 39.7 Å². The van der Waals surface area contributed by atoms with Crippen LogP contribution in [0.2, 0.25) is 0 Å². The second-order valence-electron chi connectivity index (χ2n) is 8.42. The number of aromatic nitrogens is 4. The normalized spacial score (nSPS) is 13.0. The number of piperidine rings is 1. The van der Waals surface area contributed by atoms with Crippen LogP contribution in [-0.4, -0.2) is 43.7 Å². The van der Waals surface area contributed by atoms with Crippen molar-refractivity contribution in [3.05, 3.63) is 65.5 Å². The van der Waals surface area contributed by atoms with Gasteiger partial charge in [-0.3, -0.25) is 9.89 Å². The Hall–Kier alpha value is -4.08. The number of fused-ring (bicyclic) bond motifs is 1. The van der Waals surface area contributed by atoms with Crippen molar-refractivity contribution < 1.29 is 9.18 Å². The van der Waals surface area contributed by atoms with Gasteiger partial charge in [-0.15, -0.1) is 6.42 Å². The Morgan fingerprint density at radius 2 is 1.94 bits per heavy atom. The number of rotatable bonds is 3. The predicted molar refractivity (Wildman–Crippen MR) is 137 cm³/mol. The van der Waals surface area contributed by atoms with E-state index < -0.39 is 0 Å². The van der Waals surface area contributed by atoms with Crippen molar-refractivity contribution in [3.8, 4) is 29.5 Å². The maximum atomic E-state index is 13.5. The van der Waals surface area contributed by atoms with Gasteiger partial charge in [-0.2, -0.15) is 15.5 Å². The summed E-state index contributed by atoms with van der Waals surface area (Å²) in [6.07, 6.45) is 14.3. The molecule has 1 N–H and O–H groups in total. The number of nitrogens with one attached hydrogen (secondary N) is 1. The average molecular weight is 501 g/mol. The van der Waals surface area contributed by atoms with Crippen molar-refractivity contribution in [2.75, 3.05) is 13.1 Å². The number of pyridine rings is 1. The third kappa shape index (κ3) is 5.42. The summed E-state index contributed by atoms with van der Waals surface area (Å²) in [5.74, 6) is 2.36. The molecule has 0 unspecified atom stereocenters. The van der Waals surface area contributed by atoms with Crippen LogP contribution in [0.5, 0.6) is 0 Å². The molecule has 1 aromatic carbocycles. The number of amides is 1. The van der Waals surface area contributed by atoms with Crippen LogP contribution < -0.4 is 0 Å². The zero-order valence-corrected chi connectivity index (χ0v) is 20.9. The van der Waals surface area contributed by atoms with Gasteiger partial charge < -0.3 is 4.90 Å². The molecule has 1 amide bonds. The molecule has 0 spiro atoms. The highest BCUT2D eigenvalue weighted by molar-refractivity contribution is 7.99. The average Bonchev–Trinajstić information content (AvgIpc) is 3.51. The molecule has 36 heavy (non-hydrogen) atoms. The van der Waals surface area contributed by atoms with Crippen LogP contribution in [0.4, 0.5) is 4.39 Å². The number of halogens is 1. The number of carbonyl (C=O) groups excluding carboxylic acids is 1. The smallest absolute Gasteiger partial charge is 0.219 e. The van der Waals surface area contributed by atoms with Gasteiger partial charge in [0.2, 0.25) is 5.91 Å². The van der Waals surface area contributed by atoms with Gasteiger partial charge in [-0.1, -0.05) is 17.7 Å². The van der Waals surface area contributed by atoms with E-state index in [1.165, 1.54) is 49.4 Å². The van der Waals surface area contributed by atoms with Crippen LogP contribution in [-0.2, 0) is 4.79 Å². The third-order valence-electron chi connectivity index (χ3n) is 5.96. The molecule has 1 fully saturated rings. The molecule has 4 aromatic rings. The fourth-order valence-corrected chi connectivity index (χ4v) is 5.15. The van der Waals surface area contributed by atoms with Gasteiger partial charge in [-0.05, 0) is 50.5 Å². The lowest BCUT2D eigenvalue weighted by molar-refractivity contribution is -0.129. The molecule has 0 aliphatic carbocycles. The monoisotopic (exact) mass is 500 g/mol. The number of aromatic amines is 1. The molecule has 1 saturated heterocycles. The van der Waals surface area contributed by atoms with E-state index in [9.17, 15) is 14.4 Å². The Bertz CT molecular complexity index is 1490. The molecular formula is C27H25FN6OS. The first kappa shape index (κ1) is 25.0. The zero-order chi connectivity index (χ0) is 25.7. The van der Waals surface area contributed by atoms with Crippen molar-refractivity contribution in [1.29, 1.82) is 5.26 Å². The molecule has 5 rings (SSSR count). The maximum absolute atomic E-state index is 13.5. The molecule has 182 valence electrons. The number of nitrogens with zero attached hydrogens (tertiary/aromatic N) is 5. The highest BCUT2D eigenvalue weighted by atomic mass is 32.2. The SMILES string of the molecule is C#Cc1cc(F)ccc1Sc1cc(-c2cn[nH]c2C)cn2ncc(C#N)c12.CC(=O)N1CCCCC1. The Balaban J connectivity index is 0.000000286. The van der Waals surface area contributed by atoms with Gasteiger partial charge in [0.15, 0.2) is 0 Å². The largest absolute Gasteiger partial charge is 0.343 e. The van der Waals surface area contributed by atoms with Crippen molar-refractivity contribution in [2.45, 2.75) is 42.9 Å². The molecular weight excluding hydrogens is 475 g/mol. The minimum atomic E-state index is -0.387. The fraction of sp³-hybridized carbons (Fsp3) is 0.259. The topological polar surface area (TPSA) is 90.1 Å². The van der Waals surface area contributed by atoms with E-state index in [1.807, 2.05) is 24.1 Å². The Morgan fingerprint density at radius 3 is 2.56 bits per heavy atom. The van der Waals surface area contributed by atoms with Crippen LogP contribution in [0.1, 0.15) is 43.0 Å². The summed E-state index contributed by atoms with van der Waals surface area (Å²) in [7, 11) is 0. The van der Waals surface area contributed by atoms with Crippen LogP contribution in [0.3, 0.4) is 0 Å². The summed E-state index contributed by atoms with van der Waals surface area (Å²) in [5.41, 5.74) is 4.35. The lowest BCUT2D eigenvalue weighted by Gasteiger charge is -2.24. The van der Waals surface area contributed by atoms with Crippen molar-refractivity contribution >= 4 is 23.2 Å². The van der Waals surface area contributed by atoms with Crippen LogP contribution in [0, 0.1) is 36.4 Å². The molecule has 4 heterocycles. The van der Waals surface area contributed by atoms with E-state index in [-0.39, 0.29) is 11.7 Å². The van der Waals surface area contributed by atoms with E-state index in [1.54, 1.807) is 23.7 Å². The second kappa shape index (κ2) is 11.1. The summed E-state index contributed by atoms with van der Waals surface area (Å²) < 4.78 is 15.2. The zero-order valence-electron chi connectivity index (χ0n) is 20.1. The summed E-state index contributed by atoms with van der Waals surface area (Å²) >= 11 is 1.38. The minimum Gasteiger partial charge on any atom is -0.343 e. The van der Waals surface area contributed by atoms with Crippen molar-refractivity contribution in [2.24, 2.45) is 0 Å². The Morgan fingerprint density at radius 1 is 1.17 bits per heavy atom.